The van der Waals surface area contributed by atoms with Gasteiger partial charge < -0.3 is 23.7 Å². The highest BCUT2D eigenvalue weighted by Gasteiger charge is 2.33. The fourth-order valence-corrected chi connectivity index (χ4v) is 5.13. The Morgan fingerprint density at radius 3 is 2.48 bits per heavy atom. The van der Waals surface area contributed by atoms with Crippen LogP contribution in [0.25, 0.3) is 6.08 Å². The summed E-state index contributed by atoms with van der Waals surface area (Å²) in [6.45, 7) is 2.64. The molecule has 2 heterocycles. The lowest BCUT2D eigenvalue weighted by Gasteiger charge is -2.16. The molecular formula is C32H28N2O7S. The zero-order chi connectivity index (χ0) is 29.5. The highest BCUT2D eigenvalue weighted by atomic mass is 32.2. The topological polar surface area (TPSA) is 111 Å². The summed E-state index contributed by atoms with van der Waals surface area (Å²) in [6, 6.07) is 25.4. The van der Waals surface area contributed by atoms with Gasteiger partial charge in [0.1, 0.15) is 18.1 Å². The number of methoxy groups -OCH3 is 1. The summed E-state index contributed by atoms with van der Waals surface area (Å²) in [7, 11) is 1.61. The van der Waals surface area contributed by atoms with Crippen molar-refractivity contribution in [3.63, 3.8) is 0 Å². The average Bonchev–Trinajstić information content (AvgIpc) is 3.59. The lowest BCUT2D eigenvalue weighted by atomic mass is 10.1. The Bertz CT molecular complexity index is 1630. The van der Waals surface area contributed by atoms with Crippen LogP contribution in [0, 0.1) is 0 Å². The van der Waals surface area contributed by atoms with Crippen LogP contribution in [-0.2, 0) is 17.9 Å². The molecule has 0 unspecified atom stereocenters. The Morgan fingerprint density at radius 1 is 1.00 bits per heavy atom. The van der Waals surface area contributed by atoms with E-state index in [0.717, 1.165) is 22.6 Å². The average molecular weight is 585 g/mol. The Hall–Kier alpha value is -4.96. The van der Waals surface area contributed by atoms with Crippen molar-refractivity contribution in [3.8, 4) is 17.2 Å². The van der Waals surface area contributed by atoms with Crippen molar-refractivity contribution in [1.82, 2.24) is 4.90 Å². The minimum atomic E-state index is -1.15. The number of furan rings is 1. The maximum Gasteiger partial charge on any atom is 0.371 e. The summed E-state index contributed by atoms with van der Waals surface area (Å²) < 4.78 is 22.2. The maximum absolute atomic E-state index is 13.6. The quantitative estimate of drug-likeness (QED) is 0.192. The van der Waals surface area contributed by atoms with Gasteiger partial charge in [-0.3, -0.25) is 9.69 Å². The Balaban J connectivity index is 1.40. The lowest BCUT2D eigenvalue weighted by molar-refractivity contribution is -0.122. The van der Waals surface area contributed by atoms with Crippen molar-refractivity contribution in [2.45, 2.75) is 20.1 Å². The smallest absolute Gasteiger partial charge is 0.371 e. The molecule has 42 heavy (non-hydrogen) atoms. The van der Waals surface area contributed by atoms with E-state index in [1.165, 1.54) is 17.8 Å². The molecule has 1 amide bonds. The van der Waals surface area contributed by atoms with E-state index >= 15 is 0 Å². The molecule has 1 fully saturated rings. The zero-order valence-electron chi connectivity index (χ0n) is 23.0. The van der Waals surface area contributed by atoms with Crippen LogP contribution >= 0.6 is 11.8 Å². The molecule has 1 aromatic heterocycles. The summed E-state index contributed by atoms with van der Waals surface area (Å²) in [5.41, 5.74) is 2.44. The van der Waals surface area contributed by atoms with Crippen LogP contribution < -0.4 is 14.2 Å². The van der Waals surface area contributed by atoms with E-state index in [4.69, 9.17) is 28.7 Å². The van der Waals surface area contributed by atoms with Gasteiger partial charge in [0.25, 0.3) is 5.91 Å². The number of rotatable bonds is 11. The number of carboxylic acid groups (broad SMARTS) is 1. The van der Waals surface area contributed by atoms with Gasteiger partial charge in [-0.15, -0.1) is 0 Å². The van der Waals surface area contributed by atoms with Crippen molar-refractivity contribution in [1.29, 1.82) is 0 Å². The van der Waals surface area contributed by atoms with Crippen molar-refractivity contribution < 1.29 is 33.3 Å². The first-order chi connectivity index (χ1) is 20.4. The second-order valence-electron chi connectivity index (χ2n) is 9.08. The van der Waals surface area contributed by atoms with E-state index in [-0.39, 0.29) is 18.3 Å². The fraction of sp³-hybridized carbons (Fsp3) is 0.156. The molecule has 1 N–H and O–H groups in total. The summed E-state index contributed by atoms with van der Waals surface area (Å²) >= 11 is 1.31. The van der Waals surface area contributed by atoms with Gasteiger partial charge in [-0.2, -0.15) is 0 Å². The predicted octanol–water partition coefficient (Wildman–Crippen LogP) is 6.77. The van der Waals surface area contributed by atoms with E-state index in [2.05, 4.69) is 0 Å². The molecule has 1 saturated heterocycles. The van der Waals surface area contributed by atoms with Crippen molar-refractivity contribution in [2.75, 3.05) is 13.7 Å². The van der Waals surface area contributed by atoms with E-state index in [1.807, 2.05) is 67.6 Å². The normalized spacial score (nSPS) is 14.9. The number of aromatic carboxylic acids is 1. The van der Waals surface area contributed by atoms with Gasteiger partial charge in [0.15, 0.2) is 16.7 Å². The molecule has 214 valence electrons. The van der Waals surface area contributed by atoms with Crippen LogP contribution in [0.3, 0.4) is 0 Å². The van der Waals surface area contributed by atoms with E-state index in [0.29, 0.717) is 40.5 Å². The summed E-state index contributed by atoms with van der Waals surface area (Å²) in [5, 5.41) is 9.64. The Labute approximate surface area is 247 Å². The molecule has 0 spiro atoms. The maximum atomic E-state index is 13.6. The number of thioether (sulfide) groups is 1. The third-order valence-corrected chi connectivity index (χ3v) is 7.18. The molecule has 1 aliphatic heterocycles. The molecule has 3 aromatic carbocycles. The highest BCUT2D eigenvalue weighted by Crippen LogP contribution is 2.37. The standard InChI is InChI=1S/C32H28N2O7S/c1-3-39-28-17-22(11-15-26(28)40-20-25-14-16-27(41-25)31(36)37)18-29-30(35)34(19-21-9-12-24(38-2)13-10-21)32(42-29)33-23-7-5-4-6-8-23/h4-18H,3,19-20H2,1-2H3,(H,36,37). The number of hydrogen-bond acceptors (Lipinski definition) is 8. The summed E-state index contributed by atoms with van der Waals surface area (Å²) in [5.74, 6) is 0.604. The number of hydrogen-bond donors (Lipinski definition) is 1. The molecule has 1 aliphatic rings. The second kappa shape index (κ2) is 13.1. The zero-order valence-corrected chi connectivity index (χ0v) is 23.8. The molecule has 4 aromatic rings. The number of benzene rings is 3. The van der Waals surface area contributed by atoms with Crippen LogP contribution in [0.4, 0.5) is 5.69 Å². The number of aliphatic imine (C=N–C) groups is 1. The van der Waals surface area contributed by atoms with Crippen molar-refractivity contribution in [3.05, 3.63) is 112 Å². The van der Waals surface area contributed by atoms with Crippen LogP contribution in [0.1, 0.15) is 34.4 Å². The largest absolute Gasteiger partial charge is 0.497 e. The van der Waals surface area contributed by atoms with Gasteiger partial charge in [0.05, 0.1) is 30.9 Å². The molecule has 0 bridgehead atoms. The van der Waals surface area contributed by atoms with Crippen LogP contribution in [-0.4, -0.2) is 40.8 Å². The van der Waals surface area contributed by atoms with Gasteiger partial charge in [-0.05, 0) is 84.4 Å². The number of para-hydroxylation sites is 1. The molecule has 5 rings (SSSR count). The Morgan fingerprint density at radius 2 is 1.79 bits per heavy atom. The first kappa shape index (κ1) is 28.6. The monoisotopic (exact) mass is 584 g/mol. The first-order valence-corrected chi connectivity index (χ1v) is 13.9. The number of carboxylic acids is 1. The molecular weight excluding hydrogens is 556 g/mol. The first-order valence-electron chi connectivity index (χ1n) is 13.1. The number of ether oxygens (including phenoxy) is 3. The third kappa shape index (κ3) is 6.84. The van der Waals surface area contributed by atoms with Gasteiger partial charge in [0, 0.05) is 0 Å². The van der Waals surface area contributed by atoms with Crippen LogP contribution in [0.2, 0.25) is 0 Å². The van der Waals surface area contributed by atoms with Crippen molar-refractivity contribution in [2.24, 2.45) is 4.99 Å². The molecule has 0 aliphatic carbocycles. The molecule has 0 radical (unpaired) electrons. The van der Waals surface area contributed by atoms with Crippen LogP contribution in [0.15, 0.2) is 99.2 Å². The number of carbonyl (C=O) groups is 2. The van der Waals surface area contributed by atoms with Gasteiger partial charge in [-0.25, -0.2) is 9.79 Å². The predicted molar refractivity (Wildman–Crippen MR) is 160 cm³/mol. The fourth-order valence-electron chi connectivity index (χ4n) is 4.13. The summed E-state index contributed by atoms with van der Waals surface area (Å²) in [6.07, 6.45) is 1.81. The second-order valence-corrected chi connectivity index (χ2v) is 10.1. The third-order valence-electron chi connectivity index (χ3n) is 6.18. The van der Waals surface area contributed by atoms with Crippen molar-refractivity contribution >= 4 is 40.6 Å². The highest BCUT2D eigenvalue weighted by molar-refractivity contribution is 8.18. The van der Waals surface area contributed by atoms with E-state index in [9.17, 15) is 9.59 Å². The van der Waals surface area contributed by atoms with E-state index in [1.54, 1.807) is 36.3 Å². The van der Waals surface area contributed by atoms with Gasteiger partial charge in [0.2, 0.25) is 5.76 Å². The molecule has 10 heteroatoms. The summed E-state index contributed by atoms with van der Waals surface area (Å²) in [4.78, 5) is 31.7. The SMILES string of the molecule is CCOc1cc(C=C2SC(=Nc3ccccc3)N(Cc3ccc(OC)cc3)C2=O)ccc1OCc1ccc(C(=O)O)o1. The molecule has 0 saturated carbocycles. The Kier molecular flexibility index (Phi) is 8.93. The number of amides is 1. The minimum absolute atomic E-state index is 0.0295. The minimum Gasteiger partial charge on any atom is -0.497 e. The number of carbonyl (C=O) groups excluding carboxylic acids is 1. The number of amidine groups is 1. The number of nitrogens with zero attached hydrogens (tertiary/aromatic N) is 2. The van der Waals surface area contributed by atoms with Crippen LogP contribution in [0.5, 0.6) is 17.2 Å². The molecule has 9 nitrogen and oxygen atoms in total. The van der Waals surface area contributed by atoms with E-state index < -0.39 is 5.97 Å². The lowest BCUT2D eigenvalue weighted by Crippen LogP contribution is -2.28. The van der Waals surface area contributed by atoms with Gasteiger partial charge in [-0.1, -0.05) is 36.4 Å². The molecule has 0 atom stereocenters. The van der Waals surface area contributed by atoms with Gasteiger partial charge >= 0.3 is 5.97 Å².